The van der Waals surface area contributed by atoms with E-state index < -0.39 is 119 Å². The molecule has 1 aromatic carbocycles. The van der Waals surface area contributed by atoms with Gasteiger partial charge in [-0.3, -0.25) is 38.4 Å². The molecule has 0 aromatic heterocycles. The van der Waals surface area contributed by atoms with Crippen LogP contribution in [0.4, 0.5) is 4.79 Å². The van der Waals surface area contributed by atoms with Crippen LogP contribution < -0.4 is 47.9 Å². The molecule has 21 nitrogen and oxygen atoms in total. The van der Waals surface area contributed by atoms with Gasteiger partial charge < -0.3 is 57.3 Å². The number of nitrogens with one attached hydrogen (secondary N) is 9. The van der Waals surface area contributed by atoms with Gasteiger partial charge in [-0.1, -0.05) is 141 Å². The van der Waals surface area contributed by atoms with E-state index in [1.165, 1.54) is 13.8 Å². The van der Waals surface area contributed by atoms with Gasteiger partial charge in [-0.25, -0.2) is 9.59 Å². The van der Waals surface area contributed by atoms with Crippen molar-refractivity contribution in [1.82, 2.24) is 47.9 Å². The van der Waals surface area contributed by atoms with Crippen molar-refractivity contribution < 1.29 is 57.4 Å². The summed E-state index contributed by atoms with van der Waals surface area (Å²) in [6.07, 6.45) is 0.808. The Balaban J connectivity index is 3.42. The van der Waals surface area contributed by atoms with Gasteiger partial charge >= 0.3 is 12.1 Å². The first-order valence-electron chi connectivity index (χ1n) is 30.8. The van der Waals surface area contributed by atoms with Crippen LogP contribution in [0.5, 0.6) is 0 Å². The number of carbonyl (C=O) groups excluding carboxylic acids is 10. The fourth-order valence-corrected chi connectivity index (χ4v) is 9.31. The molecule has 8 unspecified atom stereocenters. The Hall–Kier alpha value is -6.28. The molecule has 85 heavy (non-hydrogen) atoms. The van der Waals surface area contributed by atoms with Gasteiger partial charge in [0.25, 0.3) is 0 Å². The molecule has 0 aliphatic carbocycles. The average molecular weight is 1200 g/mol. The molecule has 0 radical (unpaired) electrons. The SMILES string of the molecule is CC(C)CC(NC(=O)OC(C)(C)C)C(=O)NC(CC(C)C)C(=O)NC(CC(C)C)C(=O)NC(CC(C)C)C(=O)NC(C)(C)C(=O)NC(CC(C)C)C(=O)NC(CC(C)C)C(=O)NC(CC(C)C)C(=O)NC(CC(C)C)C(=O)OCc1ccccc1. The van der Waals surface area contributed by atoms with Crippen LogP contribution in [0.3, 0.4) is 0 Å². The summed E-state index contributed by atoms with van der Waals surface area (Å²) in [6, 6.07) is 0.312. The van der Waals surface area contributed by atoms with Crippen LogP contribution in [-0.2, 0) is 59.2 Å². The van der Waals surface area contributed by atoms with Crippen molar-refractivity contribution in [2.75, 3.05) is 0 Å². The van der Waals surface area contributed by atoms with Gasteiger partial charge in [0, 0.05) is 0 Å². The molecule has 0 aliphatic rings. The van der Waals surface area contributed by atoms with E-state index in [1.807, 2.05) is 141 Å². The second kappa shape index (κ2) is 36.7. The molecular formula is C64H111N9O12. The number of esters is 1. The van der Waals surface area contributed by atoms with Crippen molar-refractivity contribution in [3.63, 3.8) is 0 Å². The molecule has 484 valence electrons. The van der Waals surface area contributed by atoms with E-state index in [1.54, 1.807) is 20.8 Å². The highest BCUT2D eigenvalue weighted by molar-refractivity contribution is 5.99. The number of amides is 9. The number of benzene rings is 1. The zero-order valence-electron chi connectivity index (χ0n) is 55.4. The molecule has 0 aliphatic heterocycles. The summed E-state index contributed by atoms with van der Waals surface area (Å²) in [7, 11) is 0. The van der Waals surface area contributed by atoms with Crippen molar-refractivity contribution in [3.8, 4) is 0 Å². The van der Waals surface area contributed by atoms with Crippen molar-refractivity contribution in [2.24, 2.45) is 47.3 Å². The maximum atomic E-state index is 14.4. The standard InChI is InChI=1S/C64H111N9O12/c1-36(2)27-45(53(74)66-48(30-39(7)8)56(77)70-52(34-43(15)16)60(81)84-35-44-25-23-22-24-26-44)67-57(78)49(31-40(9)10)71-61(82)64(20,21)73-59(80)51(33-42(13)14)69-55(76)47(29-38(5)6)65-54(75)46(28-37(3)4)68-58(79)50(32-41(11)12)72-62(83)85-63(17,18)19/h22-26,36-43,45-52H,27-35H2,1-21H3,(H,65,75)(H,66,74)(H,67,78)(H,68,79)(H,69,76)(H,70,77)(H,71,82)(H,72,83)(H,73,80). The topological polar surface area (TPSA) is 297 Å². The molecule has 1 rings (SSSR count). The third-order valence-corrected chi connectivity index (χ3v) is 13.3. The second-order valence-corrected chi connectivity index (χ2v) is 27.8. The minimum Gasteiger partial charge on any atom is -0.459 e. The minimum absolute atomic E-state index is 0.0105. The molecule has 0 fully saturated rings. The lowest BCUT2D eigenvalue weighted by molar-refractivity contribution is -0.150. The van der Waals surface area contributed by atoms with E-state index in [-0.39, 0.29) is 105 Å². The third-order valence-electron chi connectivity index (χ3n) is 13.3. The van der Waals surface area contributed by atoms with Crippen LogP contribution in [0.1, 0.15) is 202 Å². The summed E-state index contributed by atoms with van der Waals surface area (Å²) in [5.41, 5.74) is -1.70. The van der Waals surface area contributed by atoms with Gasteiger partial charge in [0.15, 0.2) is 0 Å². The van der Waals surface area contributed by atoms with Crippen LogP contribution in [-0.4, -0.2) is 119 Å². The summed E-state index contributed by atoms with van der Waals surface area (Å²) >= 11 is 0. The first-order valence-corrected chi connectivity index (χ1v) is 30.8. The Kier molecular flexibility index (Phi) is 33.1. The quantitative estimate of drug-likeness (QED) is 0.0300. The fourth-order valence-electron chi connectivity index (χ4n) is 9.31. The molecule has 21 heteroatoms. The second-order valence-electron chi connectivity index (χ2n) is 27.8. The summed E-state index contributed by atoms with van der Waals surface area (Å²) in [5, 5.41) is 25.2. The van der Waals surface area contributed by atoms with Gasteiger partial charge in [-0.05, 0) is 139 Å². The van der Waals surface area contributed by atoms with Crippen molar-refractivity contribution in [2.45, 2.75) is 263 Å². The lowest BCUT2D eigenvalue weighted by Crippen LogP contribution is -2.63. The summed E-state index contributed by atoms with van der Waals surface area (Å²) < 4.78 is 11.0. The Morgan fingerprint density at radius 1 is 0.353 bits per heavy atom. The van der Waals surface area contributed by atoms with Gasteiger partial charge in [0.1, 0.15) is 66.1 Å². The molecule has 0 spiro atoms. The van der Waals surface area contributed by atoms with Crippen LogP contribution in [0, 0.1) is 47.3 Å². The van der Waals surface area contributed by atoms with Crippen LogP contribution in [0.25, 0.3) is 0 Å². The first-order chi connectivity index (χ1) is 39.2. The van der Waals surface area contributed by atoms with Crippen molar-refractivity contribution in [3.05, 3.63) is 35.9 Å². The summed E-state index contributed by atoms with van der Waals surface area (Å²) in [5.74, 6) is -6.43. The summed E-state index contributed by atoms with van der Waals surface area (Å²) in [4.78, 5) is 140. The monoisotopic (exact) mass is 1200 g/mol. The molecule has 0 saturated heterocycles. The van der Waals surface area contributed by atoms with Crippen LogP contribution in [0.15, 0.2) is 30.3 Å². The van der Waals surface area contributed by atoms with Crippen molar-refractivity contribution in [1.29, 1.82) is 0 Å². The Morgan fingerprint density at radius 2 is 0.612 bits per heavy atom. The highest BCUT2D eigenvalue weighted by Gasteiger charge is 2.39. The van der Waals surface area contributed by atoms with E-state index >= 15 is 0 Å². The van der Waals surface area contributed by atoms with Gasteiger partial charge in [0.05, 0.1) is 0 Å². The van der Waals surface area contributed by atoms with Crippen LogP contribution >= 0.6 is 0 Å². The molecule has 0 heterocycles. The zero-order valence-corrected chi connectivity index (χ0v) is 55.4. The number of hydrogen-bond donors (Lipinski definition) is 9. The van der Waals surface area contributed by atoms with Gasteiger partial charge in [-0.2, -0.15) is 0 Å². The molecule has 0 saturated carbocycles. The normalized spacial score (nSPS) is 14.8. The number of carbonyl (C=O) groups is 10. The van der Waals surface area contributed by atoms with E-state index in [9.17, 15) is 47.9 Å². The van der Waals surface area contributed by atoms with Crippen LogP contribution in [0.2, 0.25) is 0 Å². The number of ether oxygens (including phenoxy) is 2. The number of alkyl carbamates (subject to hydrolysis) is 1. The van der Waals surface area contributed by atoms with Crippen molar-refractivity contribution >= 4 is 59.3 Å². The maximum absolute atomic E-state index is 14.4. The number of hydrogen-bond acceptors (Lipinski definition) is 12. The Morgan fingerprint density at radius 3 is 0.906 bits per heavy atom. The zero-order chi connectivity index (χ0) is 65.3. The van der Waals surface area contributed by atoms with Gasteiger partial charge in [-0.15, -0.1) is 0 Å². The van der Waals surface area contributed by atoms with E-state index in [0.29, 0.717) is 0 Å². The van der Waals surface area contributed by atoms with Gasteiger partial charge in [0.2, 0.25) is 47.3 Å². The Labute approximate surface area is 508 Å². The smallest absolute Gasteiger partial charge is 0.408 e. The predicted octanol–water partition coefficient (Wildman–Crippen LogP) is 7.28. The molecule has 0 bridgehead atoms. The molecular weight excluding hydrogens is 1090 g/mol. The lowest BCUT2D eigenvalue weighted by Gasteiger charge is -2.32. The van der Waals surface area contributed by atoms with E-state index in [2.05, 4.69) is 47.9 Å². The Bertz CT molecular complexity index is 2310. The highest BCUT2D eigenvalue weighted by Crippen LogP contribution is 2.18. The predicted molar refractivity (Wildman–Crippen MR) is 331 cm³/mol. The van der Waals surface area contributed by atoms with E-state index in [4.69, 9.17) is 9.47 Å². The van der Waals surface area contributed by atoms with E-state index in [0.717, 1.165) is 5.56 Å². The largest absolute Gasteiger partial charge is 0.459 e. The first kappa shape index (κ1) is 76.7. The number of rotatable bonds is 36. The fraction of sp³-hybridized carbons (Fsp3) is 0.750. The lowest BCUT2D eigenvalue weighted by atomic mass is 9.96. The average Bonchev–Trinajstić information content (AvgIpc) is 3.56. The third kappa shape index (κ3) is 31.6. The molecule has 9 N–H and O–H groups in total. The maximum Gasteiger partial charge on any atom is 0.408 e. The minimum atomic E-state index is -1.67. The molecule has 9 amide bonds. The highest BCUT2D eigenvalue weighted by atomic mass is 16.6. The summed E-state index contributed by atoms with van der Waals surface area (Å²) in [6.45, 7) is 38.2. The molecule has 1 aromatic rings. The molecule has 8 atom stereocenters.